The minimum atomic E-state index is -0.0895. The zero-order chi connectivity index (χ0) is 13.4. The predicted molar refractivity (Wildman–Crippen MR) is 77.4 cm³/mol. The molecule has 0 amide bonds. The summed E-state index contributed by atoms with van der Waals surface area (Å²) in [6.07, 6.45) is 3.06. The highest BCUT2D eigenvalue weighted by molar-refractivity contribution is 6.20. The van der Waals surface area contributed by atoms with Gasteiger partial charge in [-0.3, -0.25) is 0 Å². The van der Waals surface area contributed by atoms with Gasteiger partial charge < -0.3 is 9.47 Å². The molecule has 1 aliphatic rings. The number of aromatic nitrogens is 3. The lowest BCUT2D eigenvalue weighted by molar-refractivity contribution is 0.377. The van der Waals surface area contributed by atoms with Crippen molar-refractivity contribution in [1.29, 1.82) is 0 Å². The largest absolute Gasteiger partial charge is 0.311 e. The summed E-state index contributed by atoms with van der Waals surface area (Å²) in [5, 5.41) is -0.0895. The van der Waals surface area contributed by atoms with Crippen LogP contribution in [0.4, 0.5) is 0 Å². The van der Waals surface area contributed by atoms with Crippen LogP contribution in [-0.2, 0) is 6.54 Å². The Hall–Kier alpha value is -1.13. The van der Waals surface area contributed by atoms with Gasteiger partial charge in [-0.25, -0.2) is 9.97 Å². The summed E-state index contributed by atoms with van der Waals surface area (Å²) < 4.78 is 2.21. The number of fused-ring (bicyclic) bond motifs is 1. The van der Waals surface area contributed by atoms with Crippen molar-refractivity contribution in [2.24, 2.45) is 5.92 Å². The molecule has 0 radical (unpaired) electrons. The minimum Gasteiger partial charge on any atom is -0.311 e. The molecule has 102 valence electrons. The second-order valence-corrected chi connectivity index (χ2v) is 6.11. The fourth-order valence-corrected chi connectivity index (χ4v) is 3.06. The summed E-state index contributed by atoms with van der Waals surface area (Å²) in [7, 11) is 2.18. The third kappa shape index (κ3) is 2.47. The van der Waals surface area contributed by atoms with E-state index in [1.165, 1.54) is 13.0 Å². The standard InChI is InChI=1S/C14H19ClN4/c1-10(15)13-17-12-4-3-6-16-14(12)19(13)9-11-5-7-18(2)8-11/h3-4,6,10-11H,5,7-9H2,1-2H3. The van der Waals surface area contributed by atoms with Crippen LogP contribution in [0.2, 0.25) is 0 Å². The van der Waals surface area contributed by atoms with E-state index in [1.54, 1.807) is 0 Å². The van der Waals surface area contributed by atoms with Crippen molar-refractivity contribution in [3.8, 4) is 0 Å². The normalized spacial score (nSPS) is 22.2. The number of pyridine rings is 1. The molecule has 1 aliphatic heterocycles. The van der Waals surface area contributed by atoms with Crippen LogP contribution < -0.4 is 0 Å². The molecule has 5 heteroatoms. The van der Waals surface area contributed by atoms with E-state index in [-0.39, 0.29) is 5.38 Å². The molecule has 2 aromatic rings. The molecule has 1 fully saturated rings. The Bertz CT molecular complexity index is 578. The van der Waals surface area contributed by atoms with Crippen molar-refractivity contribution >= 4 is 22.8 Å². The van der Waals surface area contributed by atoms with Gasteiger partial charge in [-0.2, -0.15) is 0 Å². The zero-order valence-electron chi connectivity index (χ0n) is 11.4. The van der Waals surface area contributed by atoms with E-state index in [0.717, 1.165) is 30.1 Å². The molecule has 0 bridgehead atoms. The Morgan fingerprint density at radius 3 is 3.05 bits per heavy atom. The number of likely N-dealkylation sites (tertiary alicyclic amines) is 1. The van der Waals surface area contributed by atoms with Gasteiger partial charge >= 0.3 is 0 Å². The molecule has 1 saturated heterocycles. The highest BCUT2D eigenvalue weighted by Gasteiger charge is 2.23. The molecule has 0 N–H and O–H groups in total. The van der Waals surface area contributed by atoms with Gasteiger partial charge in [0.1, 0.15) is 11.3 Å². The lowest BCUT2D eigenvalue weighted by Crippen LogP contribution is -2.18. The van der Waals surface area contributed by atoms with Crippen LogP contribution in [0.25, 0.3) is 11.2 Å². The zero-order valence-corrected chi connectivity index (χ0v) is 12.1. The monoisotopic (exact) mass is 278 g/mol. The second-order valence-electron chi connectivity index (χ2n) is 5.46. The number of nitrogens with zero attached hydrogens (tertiary/aromatic N) is 4. The van der Waals surface area contributed by atoms with Crippen molar-refractivity contribution in [3.05, 3.63) is 24.2 Å². The van der Waals surface area contributed by atoms with Crippen molar-refractivity contribution in [2.45, 2.75) is 25.3 Å². The first kappa shape index (κ1) is 12.9. The fourth-order valence-electron chi connectivity index (χ4n) is 2.89. The van der Waals surface area contributed by atoms with E-state index in [0.29, 0.717) is 5.92 Å². The average molecular weight is 279 g/mol. The number of rotatable bonds is 3. The number of halogens is 1. The average Bonchev–Trinajstić information content (AvgIpc) is 2.95. The van der Waals surface area contributed by atoms with Gasteiger partial charge in [0, 0.05) is 19.3 Å². The lowest BCUT2D eigenvalue weighted by atomic mass is 10.1. The topological polar surface area (TPSA) is 34.0 Å². The number of hydrogen-bond donors (Lipinski definition) is 0. The second kappa shape index (κ2) is 5.10. The van der Waals surface area contributed by atoms with Crippen molar-refractivity contribution in [1.82, 2.24) is 19.4 Å². The van der Waals surface area contributed by atoms with Crippen LogP contribution in [0.15, 0.2) is 18.3 Å². The molecule has 0 aliphatic carbocycles. The van der Waals surface area contributed by atoms with E-state index in [2.05, 4.69) is 26.5 Å². The van der Waals surface area contributed by atoms with Gasteiger partial charge in [-0.1, -0.05) is 0 Å². The van der Waals surface area contributed by atoms with Crippen molar-refractivity contribution in [3.63, 3.8) is 0 Å². The van der Waals surface area contributed by atoms with Crippen LogP contribution in [0.5, 0.6) is 0 Å². The third-order valence-corrected chi connectivity index (χ3v) is 4.01. The maximum absolute atomic E-state index is 6.27. The maximum Gasteiger partial charge on any atom is 0.160 e. The summed E-state index contributed by atoms with van der Waals surface area (Å²) in [6, 6.07) is 3.92. The summed E-state index contributed by atoms with van der Waals surface area (Å²) in [5.41, 5.74) is 1.90. The molecule has 3 rings (SSSR count). The van der Waals surface area contributed by atoms with Crippen molar-refractivity contribution < 1.29 is 0 Å². The highest BCUT2D eigenvalue weighted by Crippen LogP contribution is 2.26. The SMILES string of the molecule is CC(Cl)c1nc2cccnc2n1CC1CCN(C)C1. The van der Waals surface area contributed by atoms with Crippen LogP contribution in [0.3, 0.4) is 0 Å². The lowest BCUT2D eigenvalue weighted by Gasteiger charge is -2.15. The minimum absolute atomic E-state index is 0.0895. The molecule has 4 nitrogen and oxygen atoms in total. The molecule has 19 heavy (non-hydrogen) atoms. The molecule has 0 aromatic carbocycles. The Kier molecular flexibility index (Phi) is 3.46. The quantitative estimate of drug-likeness (QED) is 0.810. The van der Waals surface area contributed by atoms with E-state index in [9.17, 15) is 0 Å². The first-order valence-corrected chi connectivity index (χ1v) is 7.22. The van der Waals surface area contributed by atoms with Gasteiger partial charge in [0.2, 0.25) is 0 Å². The van der Waals surface area contributed by atoms with Crippen molar-refractivity contribution in [2.75, 3.05) is 20.1 Å². The van der Waals surface area contributed by atoms with Crippen LogP contribution in [0, 0.1) is 5.92 Å². The first-order valence-electron chi connectivity index (χ1n) is 6.79. The first-order chi connectivity index (χ1) is 9.15. The Labute approximate surface area is 118 Å². The van der Waals surface area contributed by atoms with Gasteiger partial charge in [-0.05, 0) is 45.0 Å². The Balaban J connectivity index is 1.98. The predicted octanol–water partition coefficient (Wildman–Crippen LogP) is 2.68. The van der Waals surface area contributed by atoms with Crippen LogP contribution in [0.1, 0.15) is 24.5 Å². The number of alkyl halides is 1. The molecular formula is C14H19ClN4. The Morgan fingerprint density at radius 2 is 2.37 bits per heavy atom. The molecule has 0 saturated carbocycles. The van der Waals surface area contributed by atoms with E-state index >= 15 is 0 Å². The van der Waals surface area contributed by atoms with E-state index in [4.69, 9.17) is 11.6 Å². The number of imidazole rings is 1. The molecule has 3 heterocycles. The van der Waals surface area contributed by atoms with E-state index in [1.807, 2.05) is 25.3 Å². The van der Waals surface area contributed by atoms with Crippen LogP contribution >= 0.6 is 11.6 Å². The van der Waals surface area contributed by atoms with Gasteiger partial charge in [0.25, 0.3) is 0 Å². The molecule has 0 spiro atoms. The van der Waals surface area contributed by atoms with Gasteiger partial charge in [0.15, 0.2) is 5.65 Å². The molecular weight excluding hydrogens is 260 g/mol. The summed E-state index contributed by atoms with van der Waals surface area (Å²) in [6.45, 7) is 5.25. The van der Waals surface area contributed by atoms with Gasteiger partial charge in [-0.15, -0.1) is 11.6 Å². The summed E-state index contributed by atoms with van der Waals surface area (Å²) in [5.74, 6) is 1.60. The fraction of sp³-hybridized carbons (Fsp3) is 0.571. The summed E-state index contributed by atoms with van der Waals surface area (Å²) >= 11 is 6.27. The molecule has 2 unspecified atom stereocenters. The maximum atomic E-state index is 6.27. The highest BCUT2D eigenvalue weighted by atomic mass is 35.5. The smallest absolute Gasteiger partial charge is 0.160 e. The third-order valence-electron chi connectivity index (χ3n) is 3.82. The molecule has 2 aromatic heterocycles. The molecule has 2 atom stereocenters. The summed E-state index contributed by atoms with van der Waals surface area (Å²) in [4.78, 5) is 11.5. The Morgan fingerprint density at radius 1 is 1.53 bits per heavy atom. The van der Waals surface area contributed by atoms with Gasteiger partial charge in [0.05, 0.1) is 5.38 Å². The number of hydrogen-bond acceptors (Lipinski definition) is 3. The van der Waals surface area contributed by atoms with Crippen LogP contribution in [-0.4, -0.2) is 39.6 Å². The van der Waals surface area contributed by atoms with E-state index < -0.39 is 0 Å².